The summed E-state index contributed by atoms with van der Waals surface area (Å²) >= 11 is 0. The van der Waals surface area contributed by atoms with E-state index in [4.69, 9.17) is 4.74 Å². The number of amides is 1. The maximum Gasteiger partial charge on any atom is 0.401 e. The van der Waals surface area contributed by atoms with Gasteiger partial charge < -0.3 is 15.4 Å². The van der Waals surface area contributed by atoms with Gasteiger partial charge in [0.1, 0.15) is 5.75 Å². The van der Waals surface area contributed by atoms with Crippen LogP contribution in [0.3, 0.4) is 0 Å². The van der Waals surface area contributed by atoms with E-state index >= 15 is 0 Å². The molecular weight excluding hydrogens is 359 g/mol. The van der Waals surface area contributed by atoms with Gasteiger partial charge in [-0.1, -0.05) is 0 Å². The Kier molecular flexibility index (Phi) is 5.84. The molecule has 0 saturated heterocycles. The van der Waals surface area contributed by atoms with Crippen LogP contribution in [0.1, 0.15) is 37.5 Å². The normalized spacial score (nSPS) is 20.4. The summed E-state index contributed by atoms with van der Waals surface area (Å²) in [5, 5.41) is 6.34. The molecule has 27 heavy (non-hydrogen) atoms. The SMILES string of the molecule is COc1ccc2cc(C(=O)NC3CCC(NCC(F)(F)F)CC3)cnc2c1.[HH]. The van der Waals surface area contributed by atoms with Crippen LogP contribution >= 0.6 is 0 Å². The zero-order valence-electron chi connectivity index (χ0n) is 15.0. The van der Waals surface area contributed by atoms with Gasteiger partial charge in [-0.25, -0.2) is 0 Å². The Hall–Kier alpha value is -2.35. The van der Waals surface area contributed by atoms with Crippen molar-refractivity contribution in [2.75, 3.05) is 13.7 Å². The van der Waals surface area contributed by atoms with E-state index in [-0.39, 0.29) is 19.4 Å². The summed E-state index contributed by atoms with van der Waals surface area (Å²) in [6.45, 7) is -0.970. The van der Waals surface area contributed by atoms with Crippen molar-refractivity contribution in [3.05, 3.63) is 36.0 Å². The highest BCUT2D eigenvalue weighted by atomic mass is 19.4. The first-order valence-electron chi connectivity index (χ1n) is 8.89. The number of aromatic nitrogens is 1. The Bertz CT molecular complexity index is 809. The van der Waals surface area contributed by atoms with E-state index in [0.717, 1.165) is 10.9 Å². The largest absolute Gasteiger partial charge is 0.497 e. The van der Waals surface area contributed by atoms with Crippen molar-refractivity contribution in [2.45, 2.75) is 43.9 Å². The molecule has 0 unspecified atom stereocenters. The van der Waals surface area contributed by atoms with E-state index in [9.17, 15) is 18.0 Å². The molecular formula is C19H24F3N3O2. The van der Waals surface area contributed by atoms with Crippen LogP contribution in [0.4, 0.5) is 13.2 Å². The van der Waals surface area contributed by atoms with Gasteiger partial charge in [0.25, 0.3) is 5.91 Å². The molecule has 0 atom stereocenters. The number of benzene rings is 1. The second kappa shape index (κ2) is 8.12. The van der Waals surface area contributed by atoms with Crippen LogP contribution in [0, 0.1) is 0 Å². The smallest absolute Gasteiger partial charge is 0.401 e. The number of pyridine rings is 1. The van der Waals surface area contributed by atoms with Crippen LogP contribution in [-0.4, -0.2) is 42.8 Å². The molecule has 1 heterocycles. The maximum atomic E-state index is 12.5. The monoisotopic (exact) mass is 383 g/mol. The number of halogens is 3. The Morgan fingerprint density at radius 3 is 2.59 bits per heavy atom. The third-order valence-electron chi connectivity index (χ3n) is 4.81. The molecule has 1 aliphatic rings. The van der Waals surface area contributed by atoms with E-state index in [2.05, 4.69) is 15.6 Å². The van der Waals surface area contributed by atoms with Crippen LogP contribution in [0.15, 0.2) is 30.5 Å². The van der Waals surface area contributed by atoms with Crippen molar-refractivity contribution in [2.24, 2.45) is 0 Å². The third kappa shape index (κ3) is 5.32. The minimum atomic E-state index is -4.20. The van der Waals surface area contributed by atoms with Crippen LogP contribution in [0.25, 0.3) is 10.9 Å². The molecule has 0 aliphatic heterocycles. The van der Waals surface area contributed by atoms with Crippen molar-refractivity contribution in [1.29, 1.82) is 0 Å². The van der Waals surface area contributed by atoms with Crippen molar-refractivity contribution in [3.63, 3.8) is 0 Å². The Morgan fingerprint density at radius 1 is 1.22 bits per heavy atom. The number of alkyl halides is 3. The lowest BCUT2D eigenvalue weighted by Crippen LogP contribution is -2.44. The van der Waals surface area contributed by atoms with Gasteiger partial charge >= 0.3 is 6.18 Å². The van der Waals surface area contributed by atoms with Crippen molar-refractivity contribution in [1.82, 2.24) is 15.6 Å². The second-order valence-corrected chi connectivity index (χ2v) is 6.80. The molecule has 3 rings (SSSR count). The predicted octanol–water partition coefficient (Wildman–Crippen LogP) is 3.68. The summed E-state index contributed by atoms with van der Waals surface area (Å²) in [7, 11) is 1.58. The fraction of sp³-hybridized carbons (Fsp3) is 0.474. The average Bonchev–Trinajstić information content (AvgIpc) is 2.66. The van der Waals surface area contributed by atoms with Crippen LogP contribution in [0.2, 0.25) is 0 Å². The lowest BCUT2D eigenvalue weighted by molar-refractivity contribution is -0.126. The van der Waals surface area contributed by atoms with Gasteiger partial charge in [0.2, 0.25) is 0 Å². The van der Waals surface area contributed by atoms with E-state index in [1.165, 1.54) is 6.20 Å². The molecule has 0 bridgehead atoms. The summed E-state index contributed by atoms with van der Waals surface area (Å²) in [6, 6.07) is 7.03. The first-order valence-corrected chi connectivity index (χ1v) is 8.89. The van der Waals surface area contributed by atoms with Gasteiger partial charge in [-0.3, -0.25) is 9.78 Å². The Morgan fingerprint density at radius 2 is 1.93 bits per heavy atom. The highest BCUT2D eigenvalue weighted by Gasteiger charge is 2.30. The molecule has 2 N–H and O–H groups in total. The molecule has 1 fully saturated rings. The zero-order chi connectivity index (χ0) is 19.4. The fourth-order valence-corrected chi connectivity index (χ4v) is 3.32. The number of ether oxygens (including phenoxy) is 1. The first-order chi connectivity index (χ1) is 12.8. The highest BCUT2D eigenvalue weighted by Crippen LogP contribution is 2.22. The molecule has 148 valence electrons. The molecule has 8 heteroatoms. The summed E-state index contributed by atoms with van der Waals surface area (Å²) < 4.78 is 42.0. The third-order valence-corrected chi connectivity index (χ3v) is 4.81. The number of nitrogens with one attached hydrogen (secondary N) is 2. The van der Waals surface area contributed by atoms with Crippen molar-refractivity contribution in [3.8, 4) is 5.75 Å². The van der Waals surface area contributed by atoms with Crippen molar-refractivity contribution >= 4 is 16.8 Å². The number of hydrogen-bond acceptors (Lipinski definition) is 4. The number of rotatable bonds is 5. The van der Waals surface area contributed by atoms with Crippen LogP contribution in [0.5, 0.6) is 5.75 Å². The Labute approximate surface area is 156 Å². The van der Waals surface area contributed by atoms with Crippen LogP contribution in [-0.2, 0) is 0 Å². The summed E-state index contributed by atoms with van der Waals surface area (Å²) in [6.07, 6.45) is -0.154. The van der Waals surface area contributed by atoms with Crippen LogP contribution < -0.4 is 15.4 Å². The molecule has 0 radical (unpaired) electrons. The molecule has 1 saturated carbocycles. The fourth-order valence-electron chi connectivity index (χ4n) is 3.32. The van der Waals surface area contributed by atoms with Gasteiger partial charge in [-0.15, -0.1) is 0 Å². The zero-order valence-corrected chi connectivity index (χ0v) is 15.0. The van der Waals surface area contributed by atoms with E-state index in [1.807, 2.05) is 6.07 Å². The lowest BCUT2D eigenvalue weighted by Gasteiger charge is -2.30. The molecule has 1 aromatic heterocycles. The van der Waals surface area contributed by atoms with E-state index in [1.54, 1.807) is 25.3 Å². The summed E-state index contributed by atoms with van der Waals surface area (Å²) in [4.78, 5) is 16.8. The summed E-state index contributed by atoms with van der Waals surface area (Å²) in [5.74, 6) is 0.481. The van der Waals surface area contributed by atoms with Gasteiger partial charge in [0.05, 0.1) is 24.7 Å². The number of carbonyl (C=O) groups is 1. The number of fused-ring (bicyclic) bond motifs is 1. The number of nitrogens with zero attached hydrogens (tertiary/aromatic N) is 1. The standard InChI is InChI=1S/C19H22F3N3O2.H2/c1-27-16-7-2-12-8-13(10-23-17(12)9-16)18(26)25-15-5-3-14(4-6-15)24-11-19(20,21)22;/h2,7-10,14-15,24H,3-6,11H2,1H3,(H,25,26);1H. The Balaban J connectivity index is 0.00000280. The lowest BCUT2D eigenvalue weighted by atomic mass is 9.91. The number of methoxy groups -OCH3 is 1. The second-order valence-electron chi connectivity index (χ2n) is 6.80. The molecule has 5 nitrogen and oxygen atoms in total. The topological polar surface area (TPSA) is 63.2 Å². The number of carbonyl (C=O) groups excluding carboxylic acids is 1. The quantitative estimate of drug-likeness (QED) is 0.827. The highest BCUT2D eigenvalue weighted by molar-refractivity contribution is 5.97. The molecule has 0 spiro atoms. The van der Waals surface area contributed by atoms with Gasteiger partial charge in [0, 0.05) is 31.2 Å². The predicted molar refractivity (Wildman–Crippen MR) is 98.0 cm³/mol. The van der Waals surface area contributed by atoms with Gasteiger partial charge in [-0.2, -0.15) is 13.2 Å². The number of hydrogen-bond donors (Lipinski definition) is 2. The molecule has 1 amide bonds. The first kappa shape index (κ1) is 19.4. The molecule has 2 aromatic rings. The summed E-state index contributed by atoms with van der Waals surface area (Å²) in [5.41, 5.74) is 1.20. The minimum absolute atomic E-state index is 0. The van der Waals surface area contributed by atoms with E-state index in [0.29, 0.717) is 37.0 Å². The maximum absolute atomic E-state index is 12.5. The average molecular weight is 383 g/mol. The van der Waals surface area contributed by atoms with Crippen molar-refractivity contribution < 1.29 is 24.1 Å². The van der Waals surface area contributed by atoms with Gasteiger partial charge in [0.15, 0.2) is 0 Å². The minimum Gasteiger partial charge on any atom is -0.497 e. The molecule has 1 aromatic carbocycles. The van der Waals surface area contributed by atoms with E-state index < -0.39 is 12.7 Å². The molecule has 1 aliphatic carbocycles. The van der Waals surface area contributed by atoms with Gasteiger partial charge in [-0.05, 0) is 43.9 Å².